The van der Waals surface area contributed by atoms with Crippen molar-refractivity contribution in [3.63, 3.8) is 0 Å². The third-order valence-corrected chi connectivity index (χ3v) is 3.99. The minimum atomic E-state index is -0.483. The van der Waals surface area contributed by atoms with E-state index >= 15 is 0 Å². The van der Waals surface area contributed by atoms with E-state index in [0.29, 0.717) is 23.6 Å². The number of hydrogen-bond donors (Lipinski definition) is 0. The second-order valence-electron chi connectivity index (χ2n) is 5.81. The third-order valence-electron chi connectivity index (χ3n) is 3.99. The van der Waals surface area contributed by atoms with E-state index in [0.717, 1.165) is 26.2 Å². The number of carbonyl (C=O) groups excluding carboxylic acids is 2. The molecule has 0 unspecified atom stereocenters. The number of benzene rings is 1. The number of carbonyl (C=O) groups is 2. The van der Waals surface area contributed by atoms with Crippen molar-refractivity contribution in [3.8, 4) is 17.2 Å². The highest BCUT2D eigenvalue weighted by molar-refractivity contribution is 5.99. The van der Waals surface area contributed by atoms with Gasteiger partial charge < -0.3 is 19.1 Å². The highest BCUT2D eigenvalue weighted by Gasteiger charge is 2.22. The summed E-state index contributed by atoms with van der Waals surface area (Å²) in [6.45, 7) is 5.26. The lowest BCUT2D eigenvalue weighted by molar-refractivity contribution is -0.132. The molecular formula is C17H24N2O5. The molecule has 1 aliphatic rings. The van der Waals surface area contributed by atoms with Gasteiger partial charge in [-0.2, -0.15) is 0 Å². The van der Waals surface area contributed by atoms with Crippen LogP contribution in [0.25, 0.3) is 0 Å². The first-order valence-corrected chi connectivity index (χ1v) is 7.83. The second-order valence-corrected chi connectivity index (χ2v) is 5.81. The average molecular weight is 336 g/mol. The maximum Gasteiger partial charge on any atom is 0.308 e. The first kappa shape index (κ1) is 18.2. The fraction of sp³-hybridized carbons (Fsp3) is 0.529. The van der Waals surface area contributed by atoms with Gasteiger partial charge in [-0.15, -0.1) is 0 Å². The lowest BCUT2D eigenvalue weighted by Crippen LogP contribution is -2.46. The Balaban J connectivity index is 2.20. The van der Waals surface area contributed by atoms with E-state index in [4.69, 9.17) is 14.2 Å². The first-order chi connectivity index (χ1) is 11.4. The van der Waals surface area contributed by atoms with Crippen LogP contribution >= 0.6 is 0 Å². The predicted octanol–water partition coefficient (Wildman–Crippen LogP) is 1.06. The van der Waals surface area contributed by atoms with Gasteiger partial charge in [0.05, 0.1) is 20.8 Å². The van der Waals surface area contributed by atoms with Crippen molar-refractivity contribution in [2.24, 2.45) is 0 Å². The Hall–Kier alpha value is -2.12. The van der Waals surface area contributed by atoms with Gasteiger partial charge in [-0.05, 0) is 19.2 Å². The molecule has 0 spiro atoms. The maximum atomic E-state index is 12.6. The number of ketones is 1. The number of rotatable bonds is 6. The molecule has 0 saturated carbocycles. The van der Waals surface area contributed by atoms with Gasteiger partial charge in [0.25, 0.3) is 0 Å². The smallest absolute Gasteiger partial charge is 0.308 e. The Morgan fingerprint density at radius 1 is 1.04 bits per heavy atom. The van der Waals surface area contributed by atoms with Crippen molar-refractivity contribution >= 4 is 11.8 Å². The van der Waals surface area contributed by atoms with Crippen molar-refractivity contribution in [3.05, 3.63) is 17.7 Å². The summed E-state index contributed by atoms with van der Waals surface area (Å²) >= 11 is 0. The Morgan fingerprint density at radius 3 is 2.04 bits per heavy atom. The zero-order valence-corrected chi connectivity index (χ0v) is 14.6. The summed E-state index contributed by atoms with van der Waals surface area (Å²) < 4.78 is 15.6. The van der Waals surface area contributed by atoms with Gasteiger partial charge in [-0.25, -0.2) is 0 Å². The van der Waals surface area contributed by atoms with E-state index in [-0.39, 0.29) is 11.5 Å². The molecule has 1 heterocycles. The van der Waals surface area contributed by atoms with Gasteiger partial charge >= 0.3 is 5.97 Å². The van der Waals surface area contributed by atoms with Crippen LogP contribution < -0.4 is 14.2 Å². The Labute approximate surface area is 142 Å². The molecule has 24 heavy (non-hydrogen) atoms. The number of likely N-dealkylation sites (N-methyl/N-ethyl adjacent to an activating group) is 1. The summed E-state index contributed by atoms with van der Waals surface area (Å²) in [4.78, 5) is 28.2. The molecule has 1 fully saturated rings. The molecule has 7 nitrogen and oxygen atoms in total. The molecule has 0 aliphatic carbocycles. The van der Waals surface area contributed by atoms with Crippen molar-refractivity contribution in [1.82, 2.24) is 9.80 Å². The maximum absolute atomic E-state index is 12.6. The molecule has 0 aromatic heterocycles. The van der Waals surface area contributed by atoms with Crippen LogP contribution in [0.2, 0.25) is 0 Å². The van der Waals surface area contributed by atoms with Crippen LogP contribution in [0.3, 0.4) is 0 Å². The molecular weight excluding hydrogens is 312 g/mol. The lowest BCUT2D eigenvalue weighted by atomic mass is 10.1. The average Bonchev–Trinajstić information content (AvgIpc) is 2.56. The molecule has 132 valence electrons. The highest BCUT2D eigenvalue weighted by Crippen LogP contribution is 2.38. The second kappa shape index (κ2) is 8.12. The summed E-state index contributed by atoms with van der Waals surface area (Å²) in [5.41, 5.74) is 0.471. The number of esters is 1. The van der Waals surface area contributed by atoms with E-state index in [1.807, 2.05) is 0 Å². The summed E-state index contributed by atoms with van der Waals surface area (Å²) in [6, 6.07) is 3.17. The topological polar surface area (TPSA) is 68.3 Å². The van der Waals surface area contributed by atoms with E-state index in [9.17, 15) is 9.59 Å². The van der Waals surface area contributed by atoms with Crippen LogP contribution in [0.1, 0.15) is 17.3 Å². The molecule has 1 aromatic rings. The SMILES string of the molecule is COc1cc(C(=O)CN2CCN(C)CC2)cc(OC)c1OC(C)=O. The fourth-order valence-corrected chi connectivity index (χ4v) is 2.59. The van der Waals surface area contributed by atoms with E-state index in [1.54, 1.807) is 12.1 Å². The molecule has 1 aliphatic heterocycles. The van der Waals surface area contributed by atoms with E-state index in [1.165, 1.54) is 21.1 Å². The van der Waals surface area contributed by atoms with Gasteiger partial charge in [0.2, 0.25) is 5.75 Å². The predicted molar refractivity (Wildman–Crippen MR) is 89.1 cm³/mol. The van der Waals surface area contributed by atoms with Gasteiger partial charge in [0.15, 0.2) is 17.3 Å². The number of ether oxygens (including phenoxy) is 3. The monoisotopic (exact) mass is 336 g/mol. The number of piperazine rings is 1. The summed E-state index contributed by atoms with van der Waals surface area (Å²) in [6.07, 6.45) is 0. The number of methoxy groups -OCH3 is 2. The Bertz CT molecular complexity index is 584. The minimum absolute atomic E-state index is 0.0227. The van der Waals surface area contributed by atoms with Crippen molar-refractivity contribution in [2.75, 3.05) is 54.0 Å². The molecule has 7 heteroatoms. The normalized spacial score (nSPS) is 15.8. The molecule has 0 amide bonds. The van der Waals surface area contributed by atoms with E-state index in [2.05, 4.69) is 16.8 Å². The van der Waals surface area contributed by atoms with Crippen LogP contribution in [0.4, 0.5) is 0 Å². The van der Waals surface area contributed by atoms with Gasteiger partial charge in [-0.1, -0.05) is 0 Å². The van der Waals surface area contributed by atoms with E-state index < -0.39 is 5.97 Å². The summed E-state index contributed by atoms with van der Waals surface area (Å²) in [5.74, 6) is 0.273. The van der Waals surface area contributed by atoms with Crippen LogP contribution in [-0.2, 0) is 4.79 Å². The molecule has 1 saturated heterocycles. The van der Waals surface area contributed by atoms with Crippen molar-refractivity contribution in [1.29, 1.82) is 0 Å². The van der Waals surface area contributed by atoms with Crippen LogP contribution in [0, 0.1) is 0 Å². The van der Waals surface area contributed by atoms with Crippen LogP contribution in [0.5, 0.6) is 17.2 Å². The summed E-state index contributed by atoms with van der Waals surface area (Å²) in [5, 5.41) is 0. The van der Waals surface area contributed by atoms with Crippen LogP contribution in [-0.4, -0.2) is 75.5 Å². The molecule has 0 bridgehead atoms. The minimum Gasteiger partial charge on any atom is -0.493 e. The largest absolute Gasteiger partial charge is 0.493 e. The lowest BCUT2D eigenvalue weighted by Gasteiger charge is -2.31. The first-order valence-electron chi connectivity index (χ1n) is 7.83. The standard InChI is InChI=1S/C17H24N2O5/c1-12(20)24-17-15(22-3)9-13(10-16(17)23-4)14(21)11-19-7-5-18(2)6-8-19/h9-10H,5-8,11H2,1-4H3. The molecule has 0 atom stereocenters. The Kier molecular flexibility index (Phi) is 6.16. The zero-order chi connectivity index (χ0) is 17.7. The van der Waals surface area contributed by atoms with Crippen LogP contribution in [0.15, 0.2) is 12.1 Å². The van der Waals surface area contributed by atoms with Gasteiger partial charge in [0.1, 0.15) is 0 Å². The summed E-state index contributed by atoms with van der Waals surface area (Å²) in [7, 11) is 4.98. The highest BCUT2D eigenvalue weighted by atomic mass is 16.6. The molecule has 1 aromatic carbocycles. The molecule has 0 N–H and O–H groups in total. The zero-order valence-electron chi connectivity index (χ0n) is 14.6. The quantitative estimate of drug-likeness (QED) is 0.437. The fourth-order valence-electron chi connectivity index (χ4n) is 2.59. The molecule has 0 radical (unpaired) electrons. The number of hydrogen-bond acceptors (Lipinski definition) is 7. The van der Waals surface area contributed by atoms with Crippen molar-refractivity contribution < 1.29 is 23.8 Å². The van der Waals surface area contributed by atoms with Crippen molar-refractivity contribution in [2.45, 2.75) is 6.92 Å². The third kappa shape index (κ3) is 4.46. The van der Waals surface area contributed by atoms with Gasteiger partial charge in [-0.3, -0.25) is 14.5 Å². The Morgan fingerprint density at radius 2 is 1.58 bits per heavy atom. The molecule has 2 rings (SSSR count). The number of Topliss-reactive ketones (excluding diaryl/α,β-unsaturated/α-hetero) is 1. The van der Waals surface area contributed by atoms with Gasteiger partial charge in [0, 0.05) is 38.7 Å². The number of nitrogens with zero attached hydrogens (tertiary/aromatic N) is 2.